The number of hydrogen-bond donors (Lipinski definition) is 0. The number of aromatic nitrogens is 1. The van der Waals surface area contributed by atoms with Crippen LogP contribution in [0.1, 0.15) is 31.0 Å². The Kier molecular flexibility index (Phi) is 3.36. The smallest absolute Gasteiger partial charge is 0.0894 e. The lowest BCUT2D eigenvalue weighted by molar-refractivity contribution is 0.828. The zero-order valence-corrected chi connectivity index (χ0v) is 10.8. The summed E-state index contributed by atoms with van der Waals surface area (Å²) in [4.78, 5) is 4.59. The Labute approximate surface area is 105 Å². The Morgan fingerprint density at radius 2 is 2.06 bits per heavy atom. The van der Waals surface area contributed by atoms with Gasteiger partial charge in [0, 0.05) is 17.0 Å². The summed E-state index contributed by atoms with van der Waals surface area (Å²) < 4.78 is 0. The van der Waals surface area contributed by atoms with E-state index in [9.17, 15) is 0 Å². The maximum absolute atomic E-state index is 6.16. The monoisotopic (exact) mass is 253 g/mol. The lowest BCUT2D eigenvalue weighted by Crippen LogP contribution is -1.96. The highest BCUT2D eigenvalue weighted by molar-refractivity contribution is 6.35. The SMILES string of the molecule is CC(C)c1cc(CCl)c2cccc(Cl)c2n1. The Hall–Kier alpha value is -0.790. The molecule has 2 rings (SSSR count). The first kappa shape index (κ1) is 11.7. The van der Waals surface area contributed by atoms with Crippen LogP contribution in [-0.2, 0) is 5.88 Å². The summed E-state index contributed by atoms with van der Waals surface area (Å²) in [5.41, 5.74) is 2.99. The third-order valence-corrected chi connectivity index (χ3v) is 3.22. The van der Waals surface area contributed by atoms with Gasteiger partial charge < -0.3 is 0 Å². The molecule has 16 heavy (non-hydrogen) atoms. The number of halogens is 2. The van der Waals surface area contributed by atoms with Gasteiger partial charge in [-0.15, -0.1) is 11.6 Å². The first-order valence-corrected chi connectivity index (χ1v) is 6.18. The van der Waals surface area contributed by atoms with Crippen molar-refractivity contribution in [1.29, 1.82) is 0 Å². The largest absolute Gasteiger partial charge is 0.251 e. The van der Waals surface area contributed by atoms with Crippen molar-refractivity contribution in [3.05, 3.63) is 40.5 Å². The summed E-state index contributed by atoms with van der Waals surface area (Å²) in [5.74, 6) is 0.863. The van der Waals surface area contributed by atoms with Crippen LogP contribution in [0.15, 0.2) is 24.3 Å². The summed E-state index contributed by atoms with van der Waals surface area (Å²) in [7, 11) is 0. The van der Waals surface area contributed by atoms with Crippen molar-refractivity contribution in [2.24, 2.45) is 0 Å². The van der Waals surface area contributed by atoms with Crippen molar-refractivity contribution in [3.8, 4) is 0 Å². The average molecular weight is 254 g/mol. The van der Waals surface area contributed by atoms with Crippen LogP contribution in [0.5, 0.6) is 0 Å². The molecule has 1 heterocycles. The molecule has 1 aromatic carbocycles. The van der Waals surface area contributed by atoms with Crippen molar-refractivity contribution in [2.45, 2.75) is 25.6 Å². The second-order valence-electron chi connectivity index (χ2n) is 4.13. The van der Waals surface area contributed by atoms with Gasteiger partial charge in [0.15, 0.2) is 0 Å². The molecule has 1 nitrogen and oxygen atoms in total. The van der Waals surface area contributed by atoms with Crippen LogP contribution >= 0.6 is 23.2 Å². The minimum atomic E-state index is 0.377. The molecule has 0 aliphatic carbocycles. The normalized spacial score (nSPS) is 11.3. The van der Waals surface area contributed by atoms with Gasteiger partial charge in [-0.1, -0.05) is 37.6 Å². The first-order valence-electron chi connectivity index (χ1n) is 5.27. The highest BCUT2D eigenvalue weighted by Crippen LogP contribution is 2.28. The third-order valence-electron chi connectivity index (χ3n) is 2.63. The molecular formula is C13H13Cl2N. The number of rotatable bonds is 2. The van der Waals surface area contributed by atoms with E-state index < -0.39 is 0 Å². The molecule has 0 atom stereocenters. The molecule has 0 N–H and O–H groups in total. The van der Waals surface area contributed by atoms with Gasteiger partial charge in [0.1, 0.15) is 0 Å². The average Bonchev–Trinajstić information content (AvgIpc) is 2.28. The molecule has 1 aromatic heterocycles. The van der Waals surface area contributed by atoms with Gasteiger partial charge in [-0.3, -0.25) is 4.98 Å². The highest BCUT2D eigenvalue weighted by atomic mass is 35.5. The quantitative estimate of drug-likeness (QED) is 0.704. The van der Waals surface area contributed by atoms with E-state index in [1.165, 1.54) is 0 Å². The number of alkyl halides is 1. The van der Waals surface area contributed by atoms with E-state index in [0.29, 0.717) is 16.8 Å². The van der Waals surface area contributed by atoms with Crippen LogP contribution in [-0.4, -0.2) is 4.98 Å². The van der Waals surface area contributed by atoms with Gasteiger partial charge in [-0.05, 0) is 23.6 Å². The Morgan fingerprint density at radius 3 is 2.69 bits per heavy atom. The topological polar surface area (TPSA) is 12.9 Å². The fourth-order valence-electron chi connectivity index (χ4n) is 1.71. The van der Waals surface area contributed by atoms with Crippen LogP contribution in [0.25, 0.3) is 10.9 Å². The van der Waals surface area contributed by atoms with Crippen molar-refractivity contribution in [3.63, 3.8) is 0 Å². The van der Waals surface area contributed by atoms with Gasteiger partial charge >= 0.3 is 0 Å². The summed E-state index contributed by atoms with van der Waals surface area (Å²) in [6.07, 6.45) is 0. The van der Waals surface area contributed by atoms with E-state index in [0.717, 1.165) is 22.2 Å². The molecule has 0 radical (unpaired) electrons. The van der Waals surface area contributed by atoms with E-state index in [1.54, 1.807) is 0 Å². The molecule has 0 bridgehead atoms. The molecule has 84 valence electrons. The molecule has 0 saturated heterocycles. The van der Waals surface area contributed by atoms with Crippen LogP contribution in [0.2, 0.25) is 5.02 Å². The third kappa shape index (κ3) is 2.02. The second kappa shape index (κ2) is 4.60. The van der Waals surface area contributed by atoms with Crippen molar-refractivity contribution in [2.75, 3.05) is 0 Å². The number of pyridine rings is 1. The lowest BCUT2D eigenvalue weighted by atomic mass is 10.0. The summed E-state index contributed by atoms with van der Waals surface area (Å²) in [5, 5.41) is 1.73. The zero-order chi connectivity index (χ0) is 11.7. The molecule has 0 spiro atoms. The van der Waals surface area contributed by atoms with Gasteiger partial charge in [-0.2, -0.15) is 0 Å². The fraction of sp³-hybridized carbons (Fsp3) is 0.308. The van der Waals surface area contributed by atoms with Gasteiger partial charge in [0.2, 0.25) is 0 Å². The van der Waals surface area contributed by atoms with E-state index in [2.05, 4.69) is 24.9 Å². The molecule has 0 saturated carbocycles. The van der Waals surface area contributed by atoms with Crippen LogP contribution < -0.4 is 0 Å². The molecule has 0 aliphatic heterocycles. The fourth-order valence-corrected chi connectivity index (χ4v) is 2.15. The van der Waals surface area contributed by atoms with Crippen LogP contribution in [0.4, 0.5) is 0 Å². The number of fused-ring (bicyclic) bond motifs is 1. The summed E-state index contributed by atoms with van der Waals surface area (Å²) in [6.45, 7) is 4.23. The minimum absolute atomic E-state index is 0.377. The molecule has 3 heteroatoms. The number of hydrogen-bond acceptors (Lipinski definition) is 1. The first-order chi connectivity index (χ1) is 7.63. The van der Waals surface area contributed by atoms with Crippen molar-refractivity contribution < 1.29 is 0 Å². The molecule has 0 amide bonds. The zero-order valence-electron chi connectivity index (χ0n) is 9.30. The van der Waals surface area contributed by atoms with Gasteiger partial charge in [0.25, 0.3) is 0 Å². The molecular weight excluding hydrogens is 241 g/mol. The maximum atomic E-state index is 6.16. The Balaban J connectivity index is 2.79. The molecule has 0 fully saturated rings. The number of nitrogens with zero attached hydrogens (tertiary/aromatic N) is 1. The Morgan fingerprint density at radius 1 is 1.31 bits per heavy atom. The summed E-state index contributed by atoms with van der Waals surface area (Å²) >= 11 is 12.1. The van der Waals surface area contributed by atoms with Crippen LogP contribution in [0, 0.1) is 0 Å². The number of para-hydroxylation sites is 1. The minimum Gasteiger partial charge on any atom is -0.251 e. The number of benzene rings is 1. The molecule has 2 aromatic rings. The van der Waals surface area contributed by atoms with E-state index in [4.69, 9.17) is 23.2 Å². The predicted octanol–water partition coefficient (Wildman–Crippen LogP) is 4.75. The standard InChI is InChI=1S/C13H13Cl2N/c1-8(2)12-6-9(7-14)10-4-3-5-11(15)13(10)16-12/h3-6,8H,7H2,1-2H3. The van der Waals surface area contributed by atoms with Crippen molar-refractivity contribution in [1.82, 2.24) is 4.98 Å². The predicted molar refractivity (Wildman–Crippen MR) is 70.4 cm³/mol. The van der Waals surface area contributed by atoms with E-state index in [-0.39, 0.29) is 0 Å². The van der Waals surface area contributed by atoms with E-state index >= 15 is 0 Å². The van der Waals surface area contributed by atoms with Gasteiger partial charge in [0.05, 0.1) is 10.5 Å². The lowest BCUT2D eigenvalue weighted by Gasteiger charge is -2.10. The van der Waals surface area contributed by atoms with Crippen LogP contribution in [0.3, 0.4) is 0 Å². The molecule has 0 aliphatic rings. The summed E-state index contributed by atoms with van der Waals surface area (Å²) in [6, 6.07) is 7.86. The highest BCUT2D eigenvalue weighted by Gasteiger charge is 2.09. The van der Waals surface area contributed by atoms with Crippen molar-refractivity contribution >= 4 is 34.1 Å². The maximum Gasteiger partial charge on any atom is 0.0894 e. The van der Waals surface area contributed by atoms with Gasteiger partial charge in [-0.25, -0.2) is 0 Å². The van der Waals surface area contributed by atoms with E-state index in [1.807, 2.05) is 18.2 Å². The Bertz CT molecular complexity index is 521. The second-order valence-corrected chi connectivity index (χ2v) is 4.81. The molecule has 0 unspecified atom stereocenters.